The van der Waals surface area contributed by atoms with Crippen LogP contribution in [0.1, 0.15) is 42.1 Å². The van der Waals surface area contributed by atoms with Gasteiger partial charge in [0.1, 0.15) is 6.04 Å². The summed E-state index contributed by atoms with van der Waals surface area (Å²) in [5, 5.41) is 11.7. The highest BCUT2D eigenvalue weighted by atomic mass is 32.2. The summed E-state index contributed by atoms with van der Waals surface area (Å²) < 4.78 is 0. The van der Waals surface area contributed by atoms with Gasteiger partial charge < -0.3 is 10.4 Å². The van der Waals surface area contributed by atoms with Crippen molar-refractivity contribution < 1.29 is 14.7 Å². The number of carboxylic acid groups (broad SMARTS) is 1. The molecule has 1 rings (SSSR count). The molecule has 0 heterocycles. The molecule has 20 heavy (non-hydrogen) atoms. The summed E-state index contributed by atoms with van der Waals surface area (Å²) in [4.78, 5) is 23.1. The zero-order valence-electron chi connectivity index (χ0n) is 12.1. The summed E-state index contributed by atoms with van der Waals surface area (Å²) >= 11 is 1.56. The summed E-state index contributed by atoms with van der Waals surface area (Å²) in [7, 11) is 0. The maximum absolute atomic E-state index is 12.0. The van der Waals surface area contributed by atoms with Crippen LogP contribution >= 0.6 is 11.8 Å². The third kappa shape index (κ3) is 4.89. The summed E-state index contributed by atoms with van der Waals surface area (Å²) in [5.41, 5.74) is 1.64. The highest BCUT2D eigenvalue weighted by molar-refractivity contribution is 7.98. The van der Waals surface area contributed by atoms with Crippen LogP contribution in [0.4, 0.5) is 0 Å². The molecule has 0 saturated carbocycles. The summed E-state index contributed by atoms with van der Waals surface area (Å²) in [6.45, 7) is 4.16. The Bertz CT molecular complexity index is 457. The van der Waals surface area contributed by atoms with E-state index >= 15 is 0 Å². The van der Waals surface area contributed by atoms with Gasteiger partial charge in [-0.25, -0.2) is 4.79 Å². The van der Waals surface area contributed by atoms with Crippen molar-refractivity contribution in [3.05, 3.63) is 35.4 Å². The minimum atomic E-state index is -0.994. The molecule has 0 spiro atoms. The Morgan fingerprint density at radius 1 is 1.25 bits per heavy atom. The highest BCUT2D eigenvalue weighted by Gasteiger charge is 2.20. The van der Waals surface area contributed by atoms with E-state index in [-0.39, 0.29) is 5.91 Å². The monoisotopic (exact) mass is 295 g/mol. The Kier molecular flexibility index (Phi) is 6.58. The van der Waals surface area contributed by atoms with E-state index in [1.165, 1.54) is 0 Å². The van der Waals surface area contributed by atoms with E-state index in [0.717, 1.165) is 5.56 Å². The van der Waals surface area contributed by atoms with Crippen LogP contribution in [0.25, 0.3) is 0 Å². The van der Waals surface area contributed by atoms with Crippen molar-refractivity contribution in [3.63, 3.8) is 0 Å². The quantitative estimate of drug-likeness (QED) is 0.811. The lowest BCUT2D eigenvalue weighted by molar-refractivity contribution is -0.139. The van der Waals surface area contributed by atoms with Gasteiger partial charge in [0.25, 0.3) is 5.91 Å². The average molecular weight is 295 g/mol. The molecule has 0 aromatic heterocycles. The van der Waals surface area contributed by atoms with Gasteiger partial charge in [0.2, 0.25) is 0 Å². The summed E-state index contributed by atoms with van der Waals surface area (Å²) in [6.07, 6.45) is 2.33. The molecule has 2 N–H and O–H groups in total. The molecule has 0 bridgehead atoms. The average Bonchev–Trinajstić information content (AvgIpc) is 2.42. The van der Waals surface area contributed by atoms with Gasteiger partial charge in [-0.15, -0.1) is 0 Å². The Hall–Kier alpha value is -1.49. The van der Waals surface area contributed by atoms with Crippen LogP contribution in [0.15, 0.2) is 24.3 Å². The second-order valence-corrected chi connectivity index (χ2v) is 5.91. The zero-order chi connectivity index (χ0) is 15.1. The van der Waals surface area contributed by atoms with Crippen LogP contribution in [0.2, 0.25) is 0 Å². The normalized spacial score (nSPS) is 12.2. The standard InChI is InChI=1S/C15H21NO3S/c1-10(2)11-4-6-12(7-5-11)14(17)16-13(15(18)19)8-9-20-3/h4-7,10,13H,8-9H2,1-3H3,(H,16,17)(H,18,19)/t13-/m1/s1. The Labute approximate surface area is 124 Å². The van der Waals surface area contributed by atoms with Gasteiger partial charge in [-0.3, -0.25) is 4.79 Å². The van der Waals surface area contributed by atoms with Crippen LogP contribution in [-0.4, -0.2) is 35.0 Å². The number of amides is 1. The van der Waals surface area contributed by atoms with Crippen molar-refractivity contribution in [2.75, 3.05) is 12.0 Å². The van der Waals surface area contributed by atoms with E-state index in [2.05, 4.69) is 19.2 Å². The molecular weight excluding hydrogens is 274 g/mol. The predicted molar refractivity (Wildman–Crippen MR) is 82.4 cm³/mol. The molecule has 0 fully saturated rings. The van der Waals surface area contributed by atoms with Gasteiger partial charge in [0.05, 0.1) is 0 Å². The Morgan fingerprint density at radius 3 is 2.30 bits per heavy atom. The zero-order valence-corrected chi connectivity index (χ0v) is 12.9. The van der Waals surface area contributed by atoms with Crippen LogP contribution in [0, 0.1) is 0 Å². The first-order chi connectivity index (χ1) is 9.45. The highest BCUT2D eigenvalue weighted by Crippen LogP contribution is 2.14. The van der Waals surface area contributed by atoms with Gasteiger partial charge >= 0.3 is 5.97 Å². The summed E-state index contributed by atoms with van der Waals surface area (Å²) in [6, 6.07) is 6.44. The van der Waals surface area contributed by atoms with Gasteiger partial charge in [0.15, 0.2) is 0 Å². The molecule has 1 amide bonds. The number of aliphatic carboxylic acids is 1. The molecule has 0 aliphatic rings. The molecule has 4 nitrogen and oxygen atoms in total. The van der Waals surface area contributed by atoms with E-state index in [0.29, 0.717) is 23.7 Å². The predicted octanol–water partition coefficient (Wildman–Crippen LogP) is 2.75. The minimum absolute atomic E-state index is 0.339. The Morgan fingerprint density at radius 2 is 1.85 bits per heavy atom. The van der Waals surface area contributed by atoms with E-state index < -0.39 is 12.0 Å². The molecule has 0 aliphatic carbocycles. The van der Waals surface area contributed by atoms with Crippen LogP contribution in [0.5, 0.6) is 0 Å². The van der Waals surface area contributed by atoms with Crippen molar-refractivity contribution in [3.8, 4) is 0 Å². The molecule has 0 aliphatic heterocycles. The third-order valence-corrected chi connectivity index (χ3v) is 3.70. The first kappa shape index (κ1) is 16.6. The Balaban J connectivity index is 2.70. The molecule has 0 unspecified atom stereocenters. The molecule has 0 radical (unpaired) electrons. The largest absolute Gasteiger partial charge is 0.480 e. The van der Waals surface area contributed by atoms with Crippen molar-refractivity contribution >= 4 is 23.6 Å². The van der Waals surface area contributed by atoms with Crippen molar-refractivity contribution in [1.29, 1.82) is 0 Å². The van der Waals surface area contributed by atoms with Crippen molar-refractivity contribution in [1.82, 2.24) is 5.32 Å². The second kappa shape index (κ2) is 7.94. The smallest absolute Gasteiger partial charge is 0.326 e. The number of hydrogen-bond acceptors (Lipinski definition) is 3. The molecular formula is C15H21NO3S. The topological polar surface area (TPSA) is 66.4 Å². The van der Waals surface area contributed by atoms with Crippen LogP contribution < -0.4 is 5.32 Å². The fourth-order valence-electron chi connectivity index (χ4n) is 1.75. The summed E-state index contributed by atoms with van der Waals surface area (Å²) in [5.74, 6) is -0.232. The van der Waals surface area contributed by atoms with Gasteiger partial charge in [-0.2, -0.15) is 11.8 Å². The number of carboxylic acids is 1. The fraction of sp³-hybridized carbons (Fsp3) is 0.467. The lowest BCUT2D eigenvalue weighted by atomic mass is 10.0. The molecule has 1 aromatic carbocycles. The number of carbonyl (C=O) groups is 2. The van der Waals surface area contributed by atoms with Crippen molar-refractivity contribution in [2.24, 2.45) is 0 Å². The number of benzene rings is 1. The van der Waals surface area contributed by atoms with Gasteiger partial charge in [-0.05, 0) is 42.0 Å². The number of thioether (sulfide) groups is 1. The number of hydrogen-bond donors (Lipinski definition) is 2. The number of rotatable bonds is 7. The van der Waals surface area contributed by atoms with Crippen LogP contribution in [0.3, 0.4) is 0 Å². The maximum Gasteiger partial charge on any atom is 0.326 e. The van der Waals surface area contributed by atoms with Gasteiger partial charge in [0, 0.05) is 5.56 Å². The van der Waals surface area contributed by atoms with Crippen LogP contribution in [-0.2, 0) is 4.79 Å². The minimum Gasteiger partial charge on any atom is -0.480 e. The molecule has 0 saturated heterocycles. The molecule has 1 aromatic rings. The lowest BCUT2D eigenvalue weighted by Crippen LogP contribution is -2.41. The maximum atomic E-state index is 12.0. The van der Waals surface area contributed by atoms with Crippen molar-refractivity contribution in [2.45, 2.75) is 32.2 Å². The lowest BCUT2D eigenvalue weighted by Gasteiger charge is -2.14. The fourth-order valence-corrected chi connectivity index (χ4v) is 2.23. The SMILES string of the molecule is CSCC[C@@H](NC(=O)c1ccc(C(C)C)cc1)C(=O)O. The second-order valence-electron chi connectivity index (χ2n) is 4.92. The number of carbonyl (C=O) groups excluding carboxylic acids is 1. The van der Waals surface area contributed by atoms with E-state index in [1.807, 2.05) is 18.4 Å². The van der Waals surface area contributed by atoms with E-state index in [4.69, 9.17) is 5.11 Å². The first-order valence-electron chi connectivity index (χ1n) is 6.58. The molecule has 110 valence electrons. The third-order valence-electron chi connectivity index (χ3n) is 3.05. The molecule has 1 atom stereocenters. The first-order valence-corrected chi connectivity index (χ1v) is 7.97. The number of nitrogens with one attached hydrogen (secondary N) is 1. The van der Waals surface area contributed by atoms with Gasteiger partial charge in [-0.1, -0.05) is 26.0 Å². The molecule has 5 heteroatoms. The van der Waals surface area contributed by atoms with E-state index in [9.17, 15) is 9.59 Å². The van der Waals surface area contributed by atoms with E-state index in [1.54, 1.807) is 23.9 Å².